The van der Waals surface area contributed by atoms with Gasteiger partial charge in [-0.05, 0) is 23.6 Å². The molecule has 0 radical (unpaired) electrons. The molecular formula is C21H14N2O4S. The highest BCUT2D eigenvalue weighted by Gasteiger charge is 2.33. The largest absolute Gasteiger partial charge is 0.457 e. The second kappa shape index (κ2) is 7.55. The second-order valence-electron chi connectivity index (χ2n) is 6.04. The molecule has 0 aliphatic carbocycles. The van der Waals surface area contributed by atoms with E-state index in [1.807, 2.05) is 42.5 Å². The highest BCUT2D eigenvalue weighted by atomic mass is 32.1. The number of nitrogens with one attached hydrogen (secondary N) is 1. The van der Waals surface area contributed by atoms with Crippen LogP contribution in [0, 0.1) is 11.3 Å². The number of fused-ring (bicyclic) bond motifs is 2. The van der Waals surface area contributed by atoms with Gasteiger partial charge in [0, 0.05) is 11.1 Å². The third-order valence-electron chi connectivity index (χ3n) is 4.30. The van der Waals surface area contributed by atoms with E-state index in [4.69, 9.17) is 14.7 Å². The fourth-order valence-electron chi connectivity index (χ4n) is 3.04. The molecule has 0 fully saturated rings. The van der Waals surface area contributed by atoms with E-state index >= 15 is 0 Å². The van der Waals surface area contributed by atoms with Crippen LogP contribution in [0.25, 0.3) is 0 Å². The Balaban J connectivity index is 1.51. The Kier molecular flexibility index (Phi) is 4.79. The number of hydrogen-bond donors (Lipinski definition) is 1. The fourth-order valence-corrected chi connectivity index (χ4v) is 3.79. The maximum atomic E-state index is 12.8. The molecule has 2 aromatic carbocycles. The number of benzene rings is 2. The Morgan fingerprint density at radius 2 is 1.71 bits per heavy atom. The fraction of sp³-hybridized carbons (Fsp3) is 0.0952. The molecule has 6 nitrogen and oxygen atoms in total. The molecule has 1 amide bonds. The molecule has 7 heteroatoms. The molecule has 0 saturated carbocycles. The minimum absolute atomic E-state index is 0.372. The first-order valence-corrected chi connectivity index (χ1v) is 9.35. The molecule has 0 saturated heterocycles. The molecule has 1 aliphatic rings. The van der Waals surface area contributed by atoms with Crippen LogP contribution in [0.3, 0.4) is 0 Å². The lowest BCUT2D eigenvalue weighted by atomic mass is 9.88. The maximum absolute atomic E-state index is 12.8. The molecular weight excluding hydrogens is 376 g/mol. The first-order valence-electron chi connectivity index (χ1n) is 8.47. The Morgan fingerprint density at radius 3 is 2.36 bits per heavy atom. The standard InChI is InChI=1S/C21H14N2O4S/c22-11-13-9-10-28-20(13)23-18(24)12-26-21(25)19-14-5-1-3-7-16(14)27-17-8-4-2-6-15(17)19/h1-10,19H,12H2,(H,23,24). The van der Waals surface area contributed by atoms with Gasteiger partial charge in [-0.15, -0.1) is 11.3 Å². The van der Waals surface area contributed by atoms with Crippen molar-refractivity contribution in [3.63, 3.8) is 0 Å². The van der Waals surface area contributed by atoms with Crippen molar-refractivity contribution in [1.29, 1.82) is 5.26 Å². The molecule has 138 valence electrons. The average Bonchev–Trinajstić information content (AvgIpc) is 3.17. The van der Waals surface area contributed by atoms with Crippen molar-refractivity contribution in [2.75, 3.05) is 11.9 Å². The minimum Gasteiger partial charge on any atom is -0.457 e. The molecule has 1 aliphatic heterocycles. The van der Waals surface area contributed by atoms with Gasteiger partial charge in [-0.1, -0.05) is 36.4 Å². The summed E-state index contributed by atoms with van der Waals surface area (Å²) in [7, 11) is 0. The first-order chi connectivity index (χ1) is 13.7. The Bertz CT molecular complexity index is 1050. The van der Waals surface area contributed by atoms with E-state index in [9.17, 15) is 9.59 Å². The average molecular weight is 390 g/mol. The predicted octanol–water partition coefficient (Wildman–Crippen LogP) is 4.04. The van der Waals surface area contributed by atoms with Gasteiger partial charge in [0.15, 0.2) is 6.61 Å². The first kappa shape index (κ1) is 17.8. The number of carbonyl (C=O) groups excluding carboxylic acids is 2. The van der Waals surface area contributed by atoms with E-state index in [-0.39, 0.29) is 0 Å². The molecule has 28 heavy (non-hydrogen) atoms. The summed E-state index contributed by atoms with van der Waals surface area (Å²) in [6, 6.07) is 18.1. The monoisotopic (exact) mass is 390 g/mol. The summed E-state index contributed by atoms with van der Waals surface area (Å²) in [5, 5.41) is 13.7. The van der Waals surface area contributed by atoms with Gasteiger partial charge in [0.1, 0.15) is 28.5 Å². The highest BCUT2D eigenvalue weighted by Crippen LogP contribution is 2.44. The van der Waals surface area contributed by atoms with E-state index in [1.165, 1.54) is 11.3 Å². The number of anilines is 1. The predicted molar refractivity (Wildman–Crippen MR) is 103 cm³/mol. The highest BCUT2D eigenvalue weighted by molar-refractivity contribution is 7.14. The lowest BCUT2D eigenvalue weighted by Crippen LogP contribution is -2.26. The van der Waals surface area contributed by atoms with Crippen molar-refractivity contribution >= 4 is 28.2 Å². The third kappa shape index (κ3) is 3.33. The van der Waals surface area contributed by atoms with Gasteiger partial charge in [-0.2, -0.15) is 5.26 Å². The summed E-state index contributed by atoms with van der Waals surface area (Å²) in [5.74, 6) is -0.536. The number of rotatable bonds is 4. The zero-order valence-electron chi connectivity index (χ0n) is 14.5. The van der Waals surface area contributed by atoms with Crippen molar-refractivity contribution in [3.05, 3.63) is 76.7 Å². The Hall–Kier alpha value is -3.63. The van der Waals surface area contributed by atoms with Crippen LogP contribution in [0.5, 0.6) is 11.5 Å². The topological polar surface area (TPSA) is 88.4 Å². The van der Waals surface area contributed by atoms with Gasteiger partial charge in [0.2, 0.25) is 0 Å². The maximum Gasteiger partial charge on any atom is 0.318 e. The Labute approximate surface area is 164 Å². The van der Waals surface area contributed by atoms with Crippen LogP contribution >= 0.6 is 11.3 Å². The van der Waals surface area contributed by atoms with Crippen LogP contribution in [-0.2, 0) is 14.3 Å². The minimum atomic E-state index is -0.676. The van der Waals surface area contributed by atoms with Crippen molar-refractivity contribution < 1.29 is 19.1 Å². The molecule has 1 N–H and O–H groups in total. The summed E-state index contributed by atoms with van der Waals surface area (Å²) in [4.78, 5) is 25.0. The number of esters is 1. The van der Waals surface area contributed by atoms with Crippen LogP contribution in [0.15, 0.2) is 60.0 Å². The van der Waals surface area contributed by atoms with Crippen LogP contribution < -0.4 is 10.1 Å². The van der Waals surface area contributed by atoms with Crippen molar-refractivity contribution in [2.24, 2.45) is 0 Å². The number of hydrogen-bond acceptors (Lipinski definition) is 6. The van der Waals surface area contributed by atoms with Gasteiger partial charge in [-0.25, -0.2) is 0 Å². The summed E-state index contributed by atoms with van der Waals surface area (Å²) < 4.78 is 11.2. The van der Waals surface area contributed by atoms with Gasteiger partial charge in [0.25, 0.3) is 5.91 Å². The lowest BCUT2D eigenvalue weighted by Gasteiger charge is -2.26. The van der Waals surface area contributed by atoms with Gasteiger partial charge < -0.3 is 14.8 Å². The number of nitriles is 1. The summed E-state index contributed by atoms with van der Waals surface area (Å²) >= 11 is 1.23. The summed E-state index contributed by atoms with van der Waals surface area (Å²) in [5.41, 5.74) is 1.75. The zero-order chi connectivity index (χ0) is 19.5. The van der Waals surface area contributed by atoms with E-state index in [0.717, 1.165) is 0 Å². The van der Waals surface area contributed by atoms with Crippen molar-refractivity contribution in [2.45, 2.75) is 5.92 Å². The van der Waals surface area contributed by atoms with Gasteiger partial charge in [-0.3, -0.25) is 9.59 Å². The number of thiophene rings is 1. The molecule has 1 aromatic heterocycles. The second-order valence-corrected chi connectivity index (χ2v) is 6.96. The number of amides is 1. The number of ether oxygens (including phenoxy) is 2. The third-order valence-corrected chi connectivity index (χ3v) is 5.13. The number of para-hydroxylation sites is 2. The van der Waals surface area contributed by atoms with Crippen LogP contribution in [0.1, 0.15) is 22.6 Å². The summed E-state index contributed by atoms with van der Waals surface area (Å²) in [6.45, 7) is -0.441. The van der Waals surface area contributed by atoms with Gasteiger partial charge >= 0.3 is 5.97 Å². The number of nitrogens with zero attached hydrogens (tertiary/aromatic N) is 1. The lowest BCUT2D eigenvalue weighted by molar-refractivity contribution is -0.148. The molecule has 0 bridgehead atoms. The van der Waals surface area contributed by atoms with Crippen molar-refractivity contribution in [3.8, 4) is 17.6 Å². The van der Waals surface area contributed by atoms with E-state index in [1.54, 1.807) is 23.6 Å². The van der Waals surface area contributed by atoms with Crippen LogP contribution in [-0.4, -0.2) is 18.5 Å². The van der Waals surface area contributed by atoms with Crippen molar-refractivity contribution in [1.82, 2.24) is 0 Å². The van der Waals surface area contributed by atoms with Crippen LogP contribution in [0.2, 0.25) is 0 Å². The van der Waals surface area contributed by atoms with E-state index < -0.39 is 24.4 Å². The molecule has 0 spiro atoms. The SMILES string of the molecule is N#Cc1ccsc1NC(=O)COC(=O)C1c2ccccc2Oc2ccccc21. The number of carbonyl (C=O) groups is 2. The van der Waals surface area contributed by atoms with Crippen LogP contribution in [0.4, 0.5) is 5.00 Å². The van der Waals surface area contributed by atoms with E-state index in [2.05, 4.69) is 5.32 Å². The molecule has 3 aromatic rings. The summed E-state index contributed by atoms with van der Waals surface area (Å²) in [6.07, 6.45) is 0. The molecule has 4 rings (SSSR count). The Morgan fingerprint density at radius 1 is 1.07 bits per heavy atom. The van der Waals surface area contributed by atoms with E-state index in [0.29, 0.717) is 33.2 Å². The quantitative estimate of drug-likeness (QED) is 0.679. The molecule has 0 atom stereocenters. The van der Waals surface area contributed by atoms with Gasteiger partial charge in [0.05, 0.1) is 5.56 Å². The molecule has 2 heterocycles. The normalized spacial score (nSPS) is 12.1. The zero-order valence-corrected chi connectivity index (χ0v) is 15.4. The smallest absolute Gasteiger partial charge is 0.318 e. The molecule has 0 unspecified atom stereocenters.